The minimum absolute atomic E-state index is 0.353. The predicted molar refractivity (Wildman–Crippen MR) is 83.3 cm³/mol. The van der Waals surface area contributed by atoms with Gasteiger partial charge in [-0.2, -0.15) is 0 Å². The van der Waals surface area contributed by atoms with E-state index in [0.29, 0.717) is 16.9 Å². The first-order chi connectivity index (χ1) is 8.94. The first kappa shape index (κ1) is 16.3. The number of hydrogen-bond donors (Lipinski definition) is 0. The Kier molecular flexibility index (Phi) is 5.64. The third-order valence-electron chi connectivity index (χ3n) is 5.70. The molecule has 110 valence electrons. The van der Waals surface area contributed by atoms with Crippen LogP contribution in [0, 0.1) is 10.8 Å². The molecule has 2 nitrogen and oxygen atoms in total. The van der Waals surface area contributed by atoms with Gasteiger partial charge in [0.2, 0.25) is 0 Å². The fourth-order valence-corrected chi connectivity index (χ4v) is 2.89. The van der Waals surface area contributed by atoms with E-state index in [0.717, 1.165) is 0 Å². The van der Waals surface area contributed by atoms with E-state index in [9.17, 15) is 0 Å². The second kappa shape index (κ2) is 6.58. The van der Waals surface area contributed by atoms with Gasteiger partial charge in [0.1, 0.15) is 0 Å². The molecule has 0 aliphatic heterocycles. The van der Waals surface area contributed by atoms with Gasteiger partial charge in [0, 0.05) is 18.4 Å². The van der Waals surface area contributed by atoms with Crippen LogP contribution in [0.25, 0.3) is 0 Å². The smallest absolute Gasteiger partial charge is 0.0948 e. The van der Waals surface area contributed by atoms with Gasteiger partial charge < -0.3 is 4.57 Å². The van der Waals surface area contributed by atoms with Gasteiger partial charge in [-0.15, -0.1) is 0 Å². The van der Waals surface area contributed by atoms with Gasteiger partial charge in [0.05, 0.1) is 6.33 Å². The van der Waals surface area contributed by atoms with Gasteiger partial charge in [0.25, 0.3) is 0 Å². The van der Waals surface area contributed by atoms with Gasteiger partial charge in [0.15, 0.2) is 0 Å². The van der Waals surface area contributed by atoms with Crippen molar-refractivity contribution in [2.24, 2.45) is 10.8 Å². The van der Waals surface area contributed by atoms with Gasteiger partial charge >= 0.3 is 0 Å². The largest absolute Gasteiger partial charge is 0.334 e. The molecule has 0 aliphatic rings. The number of nitrogens with zero attached hydrogens (tertiary/aromatic N) is 2. The predicted octanol–water partition coefficient (Wildman–Crippen LogP) is 5.47. The summed E-state index contributed by atoms with van der Waals surface area (Å²) in [5.74, 6) is 0. The highest BCUT2D eigenvalue weighted by Gasteiger charge is 2.36. The average Bonchev–Trinajstić information content (AvgIpc) is 2.97. The molecule has 0 bridgehead atoms. The van der Waals surface area contributed by atoms with Crippen molar-refractivity contribution in [3.8, 4) is 0 Å². The molecular formula is C17H32N2. The lowest BCUT2D eigenvalue weighted by atomic mass is 9.68. The first-order valence-corrected chi connectivity index (χ1v) is 7.92. The van der Waals surface area contributed by atoms with E-state index in [2.05, 4.69) is 57.3 Å². The monoisotopic (exact) mass is 264 g/mol. The Morgan fingerprint density at radius 3 is 1.95 bits per heavy atom. The molecule has 1 heterocycles. The summed E-state index contributed by atoms with van der Waals surface area (Å²) in [5, 5.41) is 0. The molecule has 1 aromatic rings. The van der Waals surface area contributed by atoms with E-state index in [1.54, 1.807) is 0 Å². The van der Waals surface area contributed by atoms with Crippen molar-refractivity contribution in [3.05, 3.63) is 18.7 Å². The van der Waals surface area contributed by atoms with Crippen LogP contribution in [0.4, 0.5) is 0 Å². The third kappa shape index (κ3) is 3.61. The molecule has 0 aromatic carbocycles. The zero-order valence-electron chi connectivity index (χ0n) is 13.7. The number of aromatic nitrogens is 2. The van der Waals surface area contributed by atoms with E-state index in [1.165, 1.54) is 32.1 Å². The van der Waals surface area contributed by atoms with Crippen molar-refractivity contribution >= 4 is 0 Å². The van der Waals surface area contributed by atoms with Crippen LogP contribution in [0.2, 0.25) is 0 Å². The summed E-state index contributed by atoms with van der Waals surface area (Å²) in [4.78, 5) is 4.27. The second-order valence-corrected chi connectivity index (χ2v) is 6.61. The highest BCUT2D eigenvalue weighted by Crippen LogP contribution is 2.46. The number of imidazole rings is 1. The van der Waals surface area contributed by atoms with Crippen molar-refractivity contribution in [3.63, 3.8) is 0 Å². The van der Waals surface area contributed by atoms with Crippen LogP contribution in [-0.4, -0.2) is 9.55 Å². The van der Waals surface area contributed by atoms with Crippen molar-refractivity contribution in [2.75, 3.05) is 0 Å². The average molecular weight is 264 g/mol. The summed E-state index contributed by atoms with van der Waals surface area (Å²) in [6, 6.07) is 0.551. The molecule has 19 heavy (non-hydrogen) atoms. The lowest BCUT2D eigenvalue weighted by molar-refractivity contribution is 0.104. The quantitative estimate of drug-likeness (QED) is 0.609. The maximum Gasteiger partial charge on any atom is 0.0948 e. The standard InChI is InChI=1S/C17H32N2/c1-7-16(5,8-2)13-15(17(6,9-3)10-4)19-12-11-18-14-19/h11-12,14-15H,7-10,13H2,1-6H3. The summed E-state index contributed by atoms with van der Waals surface area (Å²) >= 11 is 0. The molecular weight excluding hydrogens is 232 g/mol. The van der Waals surface area contributed by atoms with Crippen molar-refractivity contribution in [1.29, 1.82) is 0 Å². The Hall–Kier alpha value is -0.790. The SMILES string of the molecule is CCC(C)(CC)CC(n1ccnc1)C(C)(CC)CC. The molecule has 0 spiro atoms. The summed E-state index contributed by atoms with van der Waals surface area (Å²) in [6.45, 7) is 14.2. The van der Waals surface area contributed by atoms with E-state index >= 15 is 0 Å². The zero-order chi connectivity index (χ0) is 14.5. The summed E-state index contributed by atoms with van der Waals surface area (Å²) in [6.07, 6.45) is 12.2. The highest BCUT2D eigenvalue weighted by atomic mass is 15.1. The minimum atomic E-state index is 0.353. The Bertz CT molecular complexity index is 345. The Morgan fingerprint density at radius 1 is 1.00 bits per heavy atom. The molecule has 1 atom stereocenters. The first-order valence-electron chi connectivity index (χ1n) is 7.92. The molecule has 2 heteroatoms. The molecule has 1 rings (SSSR count). The molecule has 0 saturated carbocycles. The van der Waals surface area contributed by atoms with Crippen LogP contribution in [0.1, 0.15) is 79.7 Å². The topological polar surface area (TPSA) is 17.8 Å². The molecule has 0 aliphatic carbocycles. The lowest BCUT2D eigenvalue weighted by Gasteiger charge is -2.42. The van der Waals surface area contributed by atoms with Gasteiger partial charge in [-0.1, -0.05) is 54.4 Å². The van der Waals surface area contributed by atoms with Crippen LogP contribution in [-0.2, 0) is 0 Å². The van der Waals surface area contributed by atoms with Gasteiger partial charge in [-0.3, -0.25) is 0 Å². The fourth-order valence-electron chi connectivity index (χ4n) is 2.89. The Labute approximate surface area is 119 Å². The van der Waals surface area contributed by atoms with Crippen LogP contribution in [0.15, 0.2) is 18.7 Å². The van der Waals surface area contributed by atoms with Crippen molar-refractivity contribution in [2.45, 2.75) is 79.7 Å². The van der Waals surface area contributed by atoms with Crippen molar-refractivity contribution in [1.82, 2.24) is 9.55 Å². The summed E-state index contributed by atoms with van der Waals surface area (Å²) < 4.78 is 2.34. The summed E-state index contributed by atoms with van der Waals surface area (Å²) in [7, 11) is 0. The minimum Gasteiger partial charge on any atom is -0.334 e. The van der Waals surface area contributed by atoms with Crippen LogP contribution < -0.4 is 0 Å². The molecule has 1 unspecified atom stereocenters. The van der Waals surface area contributed by atoms with Crippen LogP contribution >= 0.6 is 0 Å². The molecule has 0 N–H and O–H groups in total. The van der Waals surface area contributed by atoms with Gasteiger partial charge in [-0.25, -0.2) is 4.98 Å². The Morgan fingerprint density at radius 2 is 1.58 bits per heavy atom. The fraction of sp³-hybridized carbons (Fsp3) is 0.824. The van der Waals surface area contributed by atoms with Gasteiger partial charge in [-0.05, 0) is 30.1 Å². The van der Waals surface area contributed by atoms with E-state index in [1.807, 2.05) is 12.5 Å². The molecule has 0 amide bonds. The second-order valence-electron chi connectivity index (χ2n) is 6.61. The zero-order valence-corrected chi connectivity index (χ0v) is 13.7. The molecule has 1 aromatic heterocycles. The lowest BCUT2D eigenvalue weighted by Crippen LogP contribution is -2.33. The number of rotatable bonds is 8. The highest BCUT2D eigenvalue weighted by molar-refractivity contribution is 4.93. The maximum atomic E-state index is 4.27. The van der Waals surface area contributed by atoms with E-state index in [-0.39, 0.29) is 0 Å². The molecule has 0 fully saturated rings. The van der Waals surface area contributed by atoms with Crippen LogP contribution in [0.3, 0.4) is 0 Å². The third-order valence-corrected chi connectivity index (χ3v) is 5.70. The molecule has 0 saturated heterocycles. The molecule has 0 radical (unpaired) electrons. The van der Waals surface area contributed by atoms with Crippen LogP contribution in [0.5, 0.6) is 0 Å². The van der Waals surface area contributed by atoms with Crippen molar-refractivity contribution < 1.29 is 0 Å². The number of hydrogen-bond acceptors (Lipinski definition) is 1. The van der Waals surface area contributed by atoms with E-state index < -0.39 is 0 Å². The normalized spacial score (nSPS) is 14.6. The summed E-state index contributed by atoms with van der Waals surface area (Å²) in [5.41, 5.74) is 0.785. The Balaban J connectivity index is 3.07. The van der Waals surface area contributed by atoms with E-state index in [4.69, 9.17) is 0 Å². The maximum absolute atomic E-state index is 4.27.